The molecule has 0 spiro atoms. The number of hydrogen-bond acceptors (Lipinski definition) is 1. The minimum Gasteiger partial charge on any atom is -0.417 e. The van der Waals surface area contributed by atoms with Gasteiger partial charge in [0.1, 0.15) is 0 Å². The monoisotopic (exact) mass is 172 g/mol. The summed E-state index contributed by atoms with van der Waals surface area (Å²) in [6.07, 6.45) is 2.70. The maximum Gasteiger partial charge on any atom is 0.189 e. The minimum atomic E-state index is -1.20. The Bertz CT molecular complexity index is 117. The van der Waals surface area contributed by atoms with Gasteiger partial charge in [-0.05, 0) is 31.0 Å². The van der Waals surface area contributed by atoms with Crippen LogP contribution in [0.1, 0.15) is 26.7 Å². The van der Waals surface area contributed by atoms with E-state index in [9.17, 15) is 0 Å². The van der Waals surface area contributed by atoms with Crippen molar-refractivity contribution >= 4 is 8.32 Å². The highest BCUT2D eigenvalue weighted by Crippen LogP contribution is 2.28. The van der Waals surface area contributed by atoms with Crippen molar-refractivity contribution in [3.8, 4) is 0 Å². The van der Waals surface area contributed by atoms with Crippen LogP contribution in [0.5, 0.6) is 0 Å². The van der Waals surface area contributed by atoms with Gasteiger partial charge >= 0.3 is 0 Å². The van der Waals surface area contributed by atoms with Gasteiger partial charge < -0.3 is 4.43 Å². The Kier molecular flexibility index (Phi) is 3.13. The molecule has 1 nitrogen and oxygen atoms in total. The van der Waals surface area contributed by atoms with E-state index in [0.29, 0.717) is 0 Å². The molecule has 0 amide bonds. The first-order valence-electron chi connectivity index (χ1n) is 4.76. The average molecular weight is 172 g/mol. The molecule has 0 saturated carbocycles. The van der Waals surface area contributed by atoms with Crippen LogP contribution in [0.15, 0.2) is 0 Å². The predicted molar refractivity (Wildman–Crippen MR) is 51.3 cm³/mol. The standard InChI is InChI=1S/C9H20OSi/c1-9(2)8-11(3)7-5-4-6-10-11/h9H,4-8H2,1-3H3. The van der Waals surface area contributed by atoms with E-state index in [1.54, 1.807) is 0 Å². The van der Waals surface area contributed by atoms with Gasteiger partial charge in [-0.1, -0.05) is 20.3 Å². The lowest BCUT2D eigenvalue weighted by Gasteiger charge is -2.32. The molecule has 1 unspecified atom stereocenters. The van der Waals surface area contributed by atoms with Gasteiger partial charge in [0, 0.05) is 6.61 Å². The third-order valence-electron chi connectivity index (χ3n) is 2.39. The normalized spacial score (nSPS) is 32.7. The highest BCUT2D eigenvalue weighted by atomic mass is 28.4. The third kappa shape index (κ3) is 2.95. The van der Waals surface area contributed by atoms with E-state index < -0.39 is 8.32 Å². The minimum absolute atomic E-state index is 0.824. The van der Waals surface area contributed by atoms with Crippen molar-refractivity contribution in [3.63, 3.8) is 0 Å². The molecule has 0 aromatic rings. The van der Waals surface area contributed by atoms with Gasteiger partial charge in [-0.3, -0.25) is 0 Å². The van der Waals surface area contributed by atoms with E-state index in [-0.39, 0.29) is 0 Å². The molecule has 1 saturated heterocycles. The first kappa shape index (κ1) is 9.27. The van der Waals surface area contributed by atoms with E-state index in [0.717, 1.165) is 12.5 Å². The van der Waals surface area contributed by atoms with Crippen LogP contribution in [-0.2, 0) is 4.43 Å². The second kappa shape index (κ2) is 3.72. The second-order valence-corrected chi connectivity index (χ2v) is 8.45. The van der Waals surface area contributed by atoms with Crippen LogP contribution in [0.25, 0.3) is 0 Å². The van der Waals surface area contributed by atoms with Crippen molar-refractivity contribution in [1.29, 1.82) is 0 Å². The fourth-order valence-corrected chi connectivity index (χ4v) is 5.84. The van der Waals surface area contributed by atoms with Gasteiger partial charge in [0.25, 0.3) is 0 Å². The third-order valence-corrected chi connectivity index (χ3v) is 6.38. The summed E-state index contributed by atoms with van der Waals surface area (Å²) < 4.78 is 5.92. The van der Waals surface area contributed by atoms with Gasteiger partial charge in [0.2, 0.25) is 0 Å². The Labute approximate surface area is 71.3 Å². The van der Waals surface area contributed by atoms with Crippen molar-refractivity contribution in [2.45, 2.75) is 45.3 Å². The second-order valence-electron chi connectivity index (χ2n) is 4.35. The molecule has 1 atom stereocenters. The molecular formula is C9H20OSi. The summed E-state index contributed by atoms with van der Waals surface area (Å²) in [6.45, 7) is 8.04. The molecule has 0 aromatic carbocycles. The van der Waals surface area contributed by atoms with Crippen LogP contribution >= 0.6 is 0 Å². The molecule has 0 N–H and O–H groups in total. The van der Waals surface area contributed by atoms with Crippen molar-refractivity contribution in [2.75, 3.05) is 6.61 Å². The summed E-state index contributed by atoms with van der Waals surface area (Å²) in [7, 11) is -1.20. The molecule has 1 aliphatic heterocycles. The molecule has 66 valence electrons. The summed E-state index contributed by atoms with van der Waals surface area (Å²) >= 11 is 0. The van der Waals surface area contributed by atoms with E-state index in [2.05, 4.69) is 20.4 Å². The van der Waals surface area contributed by atoms with Crippen LogP contribution < -0.4 is 0 Å². The summed E-state index contributed by atoms with van der Waals surface area (Å²) in [5.74, 6) is 0.824. The fraction of sp³-hybridized carbons (Fsp3) is 1.00. The smallest absolute Gasteiger partial charge is 0.189 e. The maximum atomic E-state index is 5.92. The molecule has 1 aliphatic rings. The summed E-state index contributed by atoms with van der Waals surface area (Å²) in [5.41, 5.74) is 0. The van der Waals surface area contributed by atoms with Crippen molar-refractivity contribution in [3.05, 3.63) is 0 Å². The topological polar surface area (TPSA) is 9.23 Å². The predicted octanol–water partition coefficient (Wildman–Crippen LogP) is 3.03. The van der Waals surface area contributed by atoms with Crippen molar-refractivity contribution in [1.82, 2.24) is 0 Å². The molecule has 0 radical (unpaired) electrons. The Morgan fingerprint density at radius 3 is 2.55 bits per heavy atom. The van der Waals surface area contributed by atoms with Crippen molar-refractivity contribution < 1.29 is 4.43 Å². The Morgan fingerprint density at radius 2 is 2.09 bits per heavy atom. The van der Waals surface area contributed by atoms with Crippen LogP contribution in [0.4, 0.5) is 0 Å². The lowest BCUT2D eigenvalue weighted by Crippen LogP contribution is -2.38. The lowest BCUT2D eigenvalue weighted by atomic mass is 10.3. The van der Waals surface area contributed by atoms with E-state index in [1.165, 1.54) is 24.9 Å². The molecule has 11 heavy (non-hydrogen) atoms. The van der Waals surface area contributed by atoms with E-state index in [1.807, 2.05) is 0 Å². The number of hydrogen-bond donors (Lipinski definition) is 0. The molecule has 1 rings (SSSR count). The van der Waals surface area contributed by atoms with Gasteiger partial charge in [-0.15, -0.1) is 0 Å². The highest BCUT2D eigenvalue weighted by Gasteiger charge is 2.31. The molecule has 1 heterocycles. The van der Waals surface area contributed by atoms with Gasteiger partial charge in [0.05, 0.1) is 0 Å². The van der Waals surface area contributed by atoms with Gasteiger partial charge in [0.15, 0.2) is 8.32 Å². The lowest BCUT2D eigenvalue weighted by molar-refractivity contribution is 0.266. The van der Waals surface area contributed by atoms with Gasteiger partial charge in [-0.25, -0.2) is 0 Å². The molecule has 0 aliphatic carbocycles. The molecule has 2 heteroatoms. The molecular weight excluding hydrogens is 152 g/mol. The molecule has 0 bridgehead atoms. The molecule has 0 aromatic heterocycles. The average Bonchev–Trinajstić information content (AvgIpc) is 1.85. The molecule has 1 fully saturated rings. The fourth-order valence-electron chi connectivity index (χ4n) is 2.02. The Balaban J connectivity index is 2.37. The summed E-state index contributed by atoms with van der Waals surface area (Å²) in [6, 6.07) is 2.75. The van der Waals surface area contributed by atoms with Crippen molar-refractivity contribution in [2.24, 2.45) is 5.92 Å². The first-order valence-corrected chi connectivity index (χ1v) is 7.59. The Hall–Kier alpha value is 0.177. The van der Waals surface area contributed by atoms with Crippen LogP contribution in [0, 0.1) is 5.92 Å². The van der Waals surface area contributed by atoms with Crippen LogP contribution in [-0.4, -0.2) is 14.9 Å². The number of rotatable bonds is 2. The first-order chi connectivity index (χ1) is 5.12. The Morgan fingerprint density at radius 1 is 1.36 bits per heavy atom. The zero-order chi connectivity index (χ0) is 8.32. The van der Waals surface area contributed by atoms with E-state index in [4.69, 9.17) is 4.43 Å². The summed E-state index contributed by atoms with van der Waals surface area (Å²) in [4.78, 5) is 0. The van der Waals surface area contributed by atoms with E-state index >= 15 is 0 Å². The summed E-state index contributed by atoms with van der Waals surface area (Å²) in [5, 5.41) is 0. The highest BCUT2D eigenvalue weighted by molar-refractivity contribution is 6.72. The van der Waals surface area contributed by atoms with Crippen LogP contribution in [0.2, 0.25) is 18.6 Å². The van der Waals surface area contributed by atoms with Crippen LogP contribution in [0.3, 0.4) is 0 Å². The SMILES string of the molecule is CC(C)C[Si]1(C)CCCCO1. The quantitative estimate of drug-likeness (QED) is 0.582. The largest absolute Gasteiger partial charge is 0.417 e. The zero-order valence-corrected chi connectivity index (χ0v) is 9.02. The van der Waals surface area contributed by atoms with Gasteiger partial charge in [-0.2, -0.15) is 0 Å². The zero-order valence-electron chi connectivity index (χ0n) is 8.02. The maximum absolute atomic E-state index is 5.92.